The topological polar surface area (TPSA) is 118 Å². The van der Waals surface area contributed by atoms with E-state index in [4.69, 9.17) is 30.5 Å². The lowest BCUT2D eigenvalue weighted by Crippen LogP contribution is -2.62. The first-order valence-corrected chi connectivity index (χ1v) is 5.88. The van der Waals surface area contributed by atoms with Gasteiger partial charge < -0.3 is 30.5 Å². The molecule has 7 nitrogen and oxygen atoms in total. The van der Waals surface area contributed by atoms with E-state index in [-0.39, 0.29) is 0 Å². The minimum absolute atomic E-state index is 0.387. The van der Waals surface area contributed by atoms with E-state index in [1.54, 1.807) is 0 Å². The zero-order valence-corrected chi connectivity index (χ0v) is 9.87. The summed E-state index contributed by atoms with van der Waals surface area (Å²) in [4.78, 5) is 2.97. The van der Waals surface area contributed by atoms with Crippen molar-refractivity contribution in [3.8, 4) is 0 Å². The smallest absolute Gasteiger partial charge is 0.364 e. The van der Waals surface area contributed by atoms with Crippen molar-refractivity contribution in [1.82, 2.24) is 4.98 Å². The number of hydrogen-bond acceptors (Lipinski definition) is 7. The minimum Gasteiger partial charge on any atom is -0.364 e. The molecule has 7 N–H and O–H groups in total. The van der Waals surface area contributed by atoms with Crippen LogP contribution in [0.15, 0.2) is 0 Å². The molecule has 0 spiro atoms. The second kappa shape index (κ2) is 5.73. The Morgan fingerprint density at radius 3 is 1.79 bits per heavy atom. The summed E-state index contributed by atoms with van der Waals surface area (Å²) in [7, 11) is 1.79. The SMILES string of the molecule is CO[Si](NCCC(N)(N)N)(OC)OC. The first-order valence-electron chi connectivity index (χ1n) is 4.16. The molecule has 0 rings (SSSR count). The lowest BCUT2D eigenvalue weighted by atomic mass is 10.3. The maximum atomic E-state index is 5.40. The van der Waals surface area contributed by atoms with Crippen LogP contribution in [0.5, 0.6) is 0 Å². The average molecular weight is 224 g/mol. The van der Waals surface area contributed by atoms with Crippen molar-refractivity contribution < 1.29 is 13.3 Å². The number of hydrogen-bond donors (Lipinski definition) is 4. The van der Waals surface area contributed by atoms with E-state index < -0.39 is 14.8 Å². The second-order valence-corrected chi connectivity index (χ2v) is 5.65. The van der Waals surface area contributed by atoms with E-state index in [2.05, 4.69) is 4.98 Å². The highest BCUT2D eigenvalue weighted by atomic mass is 28.4. The molecular formula is C6H20N4O3Si. The van der Waals surface area contributed by atoms with Crippen molar-refractivity contribution in [3.05, 3.63) is 0 Å². The Morgan fingerprint density at radius 1 is 1.07 bits per heavy atom. The van der Waals surface area contributed by atoms with Gasteiger partial charge in [0.1, 0.15) is 5.79 Å². The van der Waals surface area contributed by atoms with E-state index in [9.17, 15) is 0 Å². The Labute approximate surface area is 85.3 Å². The fraction of sp³-hybridized carbons (Fsp3) is 1.00. The first-order chi connectivity index (χ1) is 6.39. The van der Waals surface area contributed by atoms with E-state index in [0.717, 1.165) is 0 Å². The number of nitrogens with one attached hydrogen (secondary N) is 1. The van der Waals surface area contributed by atoms with Crippen LogP contribution < -0.4 is 22.2 Å². The predicted octanol–water partition coefficient (Wildman–Crippen LogP) is -2.13. The Hall–Kier alpha value is -0.0631. The van der Waals surface area contributed by atoms with E-state index in [1.807, 2.05) is 0 Å². The van der Waals surface area contributed by atoms with Crippen LogP contribution in [0.1, 0.15) is 6.42 Å². The van der Waals surface area contributed by atoms with Crippen molar-refractivity contribution >= 4 is 8.97 Å². The largest absolute Gasteiger partial charge is 0.595 e. The van der Waals surface area contributed by atoms with E-state index in [1.165, 1.54) is 21.3 Å². The summed E-state index contributed by atoms with van der Waals surface area (Å²) in [6.07, 6.45) is 0.387. The van der Waals surface area contributed by atoms with Crippen molar-refractivity contribution in [2.75, 3.05) is 27.9 Å². The fourth-order valence-electron chi connectivity index (χ4n) is 0.899. The molecule has 14 heavy (non-hydrogen) atoms. The molecule has 0 saturated carbocycles. The van der Waals surface area contributed by atoms with Gasteiger partial charge in [-0.3, -0.25) is 4.98 Å². The molecule has 0 aromatic rings. The fourth-order valence-corrected chi connectivity index (χ4v) is 2.26. The molecule has 0 radical (unpaired) electrons. The van der Waals surface area contributed by atoms with Crippen LogP contribution in [0.3, 0.4) is 0 Å². The molecule has 0 aliphatic carbocycles. The molecule has 0 saturated heterocycles. The minimum atomic E-state index is -2.73. The Balaban J connectivity index is 3.95. The maximum absolute atomic E-state index is 5.40. The van der Waals surface area contributed by atoms with Gasteiger partial charge in [-0.25, -0.2) is 0 Å². The third-order valence-corrected chi connectivity index (χ3v) is 4.00. The molecule has 0 unspecified atom stereocenters. The maximum Gasteiger partial charge on any atom is 0.595 e. The summed E-state index contributed by atoms with van der Waals surface area (Å²) in [5.74, 6) is -1.19. The molecular weight excluding hydrogens is 204 g/mol. The van der Waals surface area contributed by atoms with Crippen LogP contribution in [0.4, 0.5) is 0 Å². The van der Waals surface area contributed by atoms with Crippen molar-refractivity contribution in [1.29, 1.82) is 0 Å². The first kappa shape index (κ1) is 13.9. The standard InChI is InChI=1S/C6H20N4O3Si/c1-11-14(12-2,13-3)10-5-4-6(7,8)9/h10H,4-5,7-9H2,1-3H3. The third-order valence-electron chi connectivity index (χ3n) is 1.71. The molecule has 0 amide bonds. The van der Waals surface area contributed by atoms with Gasteiger partial charge in [-0.05, 0) is 6.54 Å². The average Bonchev–Trinajstić information content (AvgIpc) is 2.11. The summed E-state index contributed by atoms with van der Waals surface area (Å²) < 4.78 is 15.3. The Bertz CT molecular complexity index is 151. The molecule has 0 aliphatic rings. The van der Waals surface area contributed by atoms with Crippen molar-refractivity contribution in [2.45, 2.75) is 12.2 Å². The molecule has 86 valence electrons. The Kier molecular flexibility index (Phi) is 5.70. The van der Waals surface area contributed by atoms with E-state index >= 15 is 0 Å². The van der Waals surface area contributed by atoms with Crippen molar-refractivity contribution in [3.63, 3.8) is 0 Å². The summed E-state index contributed by atoms with van der Waals surface area (Å²) >= 11 is 0. The lowest BCUT2D eigenvalue weighted by molar-refractivity contribution is 0.109. The number of rotatable bonds is 7. The quantitative estimate of drug-likeness (QED) is 0.288. The molecule has 0 atom stereocenters. The van der Waals surface area contributed by atoms with Gasteiger partial charge in [-0.15, -0.1) is 0 Å². The van der Waals surface area contributed by atoms with Gasteiger partial charge in [0.15, 0.2) is 0 Å². The van der Waals surface area contributed by atoms with Gasteiger partial charge in [0.25, 0.3) is 0 Å². The highest BCUT2D eigenvalue weighted by Gasteiger charge is 2.38. The van der Waals surface area contributed by atoms with Crippen LogP contribution >= 0.6 is 0 Å². The third kappa shape index (κ3) is 4.98. The van der Waals surface area contributed by atoms with Crippen LogP contribution in [-0.2, 0) is 13.3 Å². The highest BCUT2D eigenvalue weighted by molar-refractivity contribution is 6.57. The summed E-state index contributed by atoms with van der Waals surface area (Å²) in [6.45, 7) is 0.464. The molecule has 0 bridgehead atoms. The molecule has 8 heteroatoms. The molecule has 0 heterocycles. The molecule has 0 aromatic heterocycles. The summed E-state index contributed by atoms with van der Waals surface area (Å²) in [6, 6.07) is 0. The van der Waals surface area contributed by atoms with Gasteiger partial charge in [0, 0.05) is 27.8 Å². The van der Waals surface area contributed by atoms with Crippen LogP contribution in [-0.4, -0.2) is 42.6 Å². The predicted molar refractivity (Wildman–Crippen MR) is 54.7 cm³/mol. The van der Waals surface area contributed by atoms with Gasteiger partial charge in [-0.1, -0.05) is 0 Å². The van der Waals surface area contributed by atoms with E-state index in [0.29, 0.717) is 13.0 Å². The number of nitrogens with two attached hydrogens (primary N) is 3. The van der Waals surface area contributed by atoms with Gasteiger partial charge >= 0.3 is 8.97 Å². The van der Waals surface area contributed by atoms with Crippen LogP contribution in [0, 0.1) is 0 Å². The van der Waals surface area contributed by atoms with Crippen LogP contribution in [0.2, 0.25) is 0 Å². The summed E-state index contributed by atoms with van der Waals surface area (Å²) in [5.41, 5.74) is 16.2. The van der Waals surface area contributed by atoms with Gasteiger partial charge in [0.2, 0.25) is 0 Å². The Morgan fingerprint density at radius 2 is 1.50 bits per heavy atom. The lowest BCUT2D eigenvalue weighted by Gasteiger charge is -2.26. The zero-order chi connectivity index (χ0) is 11.2. The molecule has 0 aliphatic heterocycles. The monoisotopic (exact) mass is 224 g/mol. The van der Waals surface area contributed by atoms with Gasteiger partial charge in [-0.2, -0.15) is 0 Å². The van der Waals surface area contributed by atoms with Crippen LogP contribution in [0.25, 0.3) is 0 Å². The molecule has 0 fully saturated rings. The zero-order valence-electron chi connectivity index (χ0n) is 8.87. The second-order valence-electron chi connectivity index (χ2n) is 2.96. The normalized spacial score (nSPS) is 13.3. The summed E-state index contributed by atoms with van der Waals surface area (Å²) in [5, 5.41) is 0. The molecule has 0 aromatic carbocycles. The van der Waals surface area contributed by atoms with Gasteiger partial charge in [0.05, 0.1) is 0 Å². The van der Waals surface area contributed by atoms with Crippen molar-refractivity contribution in [2.24, 2.45) is 17.2 Å². The highest BCUT2D eigenvalue weighted by Crippen LogP contribution is 2.01.